The number of rotatable bonds is 4. The lowest BCUT2D eigenvalue weighted by Crippen LogP contribution is -2.03. The van der Waals surface area contributed by atoms with Crippen molar-refractivity contribution in [2.75, 3.05) is 0 Å². The smallest absolute Gasteiger partial charge is 0.183 e. The lowest BCUT2D eigenvalue weighted by Gasteiger charge is -1.98. The highest BCUT2D eigenvalue weighted by Gasteiger charge is 2.08. The molecule has 1 N–H and O–H groups in total. The van der Waals surface area contributed by atoms with Gasteiger partial charge in [-0.05, 0) is 17.7 Å². The minimum atomic E-state index is -0.0145. The van der Waals surface area contributed by atoms with Crippen molar-refractivity contribution in [2.45, 2.75) is 6.42 Å². The van der Waals surface area contributed by atoms with E-state index in [9.17, 15) is 9.59 Å². The van der Waals surface area contributed by atoms with Crippen LogP contribution in [0, 0.1) is 0 Å². The lowest BCUT2D eigenvalue weighted by molar-refractivity contribution is 0.0989. The highest BCUT2D eigenvalue weighted by atomic mass is 16.1. The molecule has 16 heavy (non-hydrogen) atoms. The monoisotopic (exact) mass is 213 g/mol. The molecule has 80 valence electrons. The first-order valence-electron chi connectivity index (χ1n) is 5.01. The van der Waals surface area contributed by atoms with Gasteiger partial charge in [0.15, 0.2) is 12.1 Å². The standard InChI is InChI=1S/C13H11NO2/c15-9-11-6-7-12(14-11)13(16)8-10-4-2-1-3-5-10/h1-7,9,14H,8H2. The third-order valence-corrected chi connectivity index (χ3v) is 2.34. The molecule has 0 bridgehead atoms. The van der Waals surface area contributed by atoms with Gasteiger partial charge in [-0.2, -0.15) is 0 Å². The van der Waals surface area contributed by atoms with Crippen LogP contribution >= 0.6 is 0 Å². The molecule has 2 rings (SSSR count). The summed E-state index contributed by atoms with van der Waals surface area (Å²) in [5.41, 5.74) is 1.87. The SMILES string of the molecule is O=Cc1ccc(C(=O)Cc2ccccc2)[nH]1. The molecule has 0 saturated heterocycles. The molecule has 1 aromatic heterocycles. The molecule has 0 atom stereocenters. The second kappa shape index (κ2) is 4.57. The maximum Gasteiger partial charge on any atom is 0.183 e. The van der Waals surface area contributed by atoms with Crippen LogP contribution in [0.25, 0.3) is 0 Å². The molecule has 1 aromatic carbocycles. The van der Waals surface area contributed by atoms with Crippen LogP contribution in [0.4, 0.5) is 0 Å². The Morgan fingerprint density at radius 2 is 1.88 bits per heavy atom. The first kappa shape index (κ1) is 10.4. The molecule has 2 aromatic rings. The number of carbonyl (C=O) groups excluding carboxylic acids is 2. The number of Topliss-reactive ketones (excluding diaryl/α,β-unsaturated/α-hetero) is 1. The Labute approximate surface area is 93.1 Å². The summed E-state index contributed by atoms with van der Waals surface area (Å²) in [5.74, 6) is -0.0145. The fourth-order valence-electron chi connectivity index (χ4n) is 1.52. The molecular formula is C13H11NO2. The second-order valence-corrected chi connectivity index (χ2v) is 3.53. The van der Waals surface area contributed by atoms with Crippen LogP contribution in [0.3, 0.4) is 0 Å². The van der Waals surface area contributed by atoms with Crippen LogP contribution < -0.4 is 0 Å². The van der Waals surface area contributed by atoms with Crippen molar-refractivity contribution in [3.05, 3.63) is 59.4 Å². The van der Waals surface area contributed by atoms with Crippen molar-refractivity contribution in [1.29, 1.82) is 0 Å². The van der Waals surface area contributed by atoms with Gasteiger partial charge in [-0.1, -0.05) is 30.3 Å². The van der Waals surface area contributed by atoms with Crippen molar-refractivity contribution in [3.63, 3.8) is 0 Å². The van der Waals surface area contributed by atoms with Gasteiger partial charge in [0.1, 0.15) is 0 Å². The van der Waals surface area contributed by atoms with Crippen molar-refractivity contribution in [3.8, 4) is 0 Å². The van der Waals surface area contributed by atoms with Crippen LogP contribution in [0.5, 0.6) is 0 Å². The number of H-pyrrole nitrogens is 1. The number of nitrogens with one attached hydrogen (secondary N) is 1. The van der Waals surface area contributed by atoms with E-state index in [-0.39, 0.29) is 5.78 Å². The number of ketones is 1. The number of carbonyl (C=O) groups is 2. The molecule has 0 fully saturated rings. The van der Waals surface area contributed by atoms with E-state index < -0.39 is 0 Å². The van der Waals surface area contributed by atoms with E-state index in [2.05, 4.69) is 4.98 Å². The molecule has 0 aliphatic rings. The average Bonchev–Trinajstić information content (AvgIpc) is 2.79. The average molecular weight is 213 g/mol. The van der Waals surface area contributed by atoms with Gasteiger partial charge in [-0.15, -0.1) is 0 Å². The lowest BCUT2D eigenvalue weighted by atomic mass is 10.1. The Hall–Kier alpha value is -2.16. The topological polar surface area (TPSA) is 49.9 Å². The number of aromatic amines is 1. The molecule has 3 heteroatoms. The van der Waals surface area contributed by atoms with Gasteiger partial charge in [0.25, 0.3) is 0 Å². The zero-order valence-electron chi connectivity index (χ0n) is 8.64. The predicted molar refractivity (Wildman–Crippen MR) is 60.7 cm³/mol. The Morgan fingerprint density at radius 1 is 1.12 bits per heavy atom. The Balaban J connectivity index is 2.11. The quantitative estimate of drug-likeness (QED) is 0.625. The van der Waals surface area contributed by atoms with Gasteiger partial charge >= 0.3 is 0 Å². The zero-order valence-corrected chi connectivity index (χ0v) is 8.64. The summed E-state index contributed by atoms with van der Waals surface area (Å²) in [7, 11) is 0. The van der Waals surface area contributed by atoms with E-state index in [4.69, 9.17) is 0 Å². The highest BCUT2D eigenvalue weighted by molar-refractivity contribution is 5.96. The highest BCUT2D eigenvalue weighted by Crippen LogP contribution is 2.07. The number of benzene rings is 1. The summed E-state index contributed by atoms with van der Waals surface area (Å²) in [4.78, 5) is 25.0. The summed E-state index contributed by atoms with van der Waals surface area (Å²) < 4.78 is 0. The minimum absolute atomic E-state index is 0.0145. The van der Waals surface area contributed by atoms with Crippen LogP contribution in [0.2, 0.25) is 0 Å². The Kier molecular flexibility index (Phi) is 2.96. The third-order valence-electron chi connectivity index (χ3n) is 2.34. The third kappa shape index (κ3) is 2.25. The van der Waals surface area contributed by atoms with Crippen molar-refractivity contribution >= 4 is 12.1 Å². The van der Waals surface area contributed by atoms with Crippen LogP contribution in [0.15, 0.2) is 42.5 Å². The number of hydrogen-bond donors (Lipinski definition) is 1. The fourth-order valence-corrected chi connectivity index (χ4v) is 1.52. The van der Waals surface area contributed by atoms with Gasteiger partial charge in [0.2, 0.25) is 0 Å². The van der Waals surface area contributed by atoms with Crippen molar-refractivity contribution < 1.29 is 9.59 Å². The van der Waals surface area contributed by atoms with Gasteiger partial charge in [0.05, 0.1) is 11.4 Å². The van der Waals surface area contributed by atoms with Crippen LogP contribution in [0.1, 0.15) is 26.5 Å². The van der Waals surface area contributed by atoms with Crippen LogP contribution in [-0.2, 0) is 6.42 Å². The summed E-state index contributed by atoms with van der Waals surface area (Å²) >= 11 is 0. The Morgan fingerprint density at radius 3 is 2.50 bits per heavy atom. The maximum atomic E-state index is 11.8. The molecule has 0 unspecified atom stereocenters. The first-order chi connectivity index (χ1) is 7.79. The van der Waals surface area contributed by atoms with E-state index in [1.807, 2.05) is 30.3 Å². The molecule has 0 amide bonds. The summed E-state index contributed by atoms with van der Waals surface area (Å²) in [6.07, 6.45) is 1.04. The van der Waals surface area contributed by atoms with Gasteiger partial charge in [-0.3, -0.25) is 9.59 Å². The normalized spacial score (nSPS) is 10.0. The Bertz CT molecular complexity index is 500. The number of hydrogen-bond acceptors (Lipinski definition) is 2. The molecule has 1 heterocycles. The molecule has 0 radical (unpaired) electrons. The summed E-state index contributed by atoms with van der Waals surface area (Å²) in [6.45, 7) is 0. The van der Waals surface area contributed by atoms with Gasteiger partial charge < -0.3 is 4.98 Å². The van der Waals surface area contributed by atoms with E-state index >= 15 is 0 Å². The van der Waals surface area contributed by atoms with Crippen molar-refractivity contribution in [1.82, 2.24) is 4.98 Å². The largest absolute Gasteiger partial charge is 0.350 e. The van der Waals surface area contributed by atoms with E-state index in [1.165, 1.54) is 0 Å². The van der Waals surface area contributed by atoms with Crippen molar-refractivity contribution in [2.24, 2.45) is 0 Å². The summed E-state index contributed by atoms with van der Waals surface area (Å²) in [6, 6.07) is 12.7. The first-order valence-corrected chi connectivity index (χ1v) is 5.01. The summed E-state index contributed by atoms with van der Waals surface area (Å²) in [5, 5.41) is 0. The molecule has 0 aliphatic carbocycles. The maximum absolute atomic E-state index is 11.8. The van der Waals surface area contributed by atoms with E-state index in [0.29, 0.717) is 24.1 Å². The molecule has 0 saturated carbocycles. The molecule has 0 spiro atoms. The zero-order chi connectivity index (χ0) is 11.4. The fraction of sp³-hybridized carbons (Fsp3) is 0.0769. The van der Waals surface area contributed by atoms with Gasteiger partial charge in [-0.25, -0.2) is 0 Å². The van der Waals surface area contributed by atoms with Crippen LogP contribution in [-0.4, -0.2) is 17.1 Å². The van der Waals surface area contributed by atoms with E-state index in [0.717, 1.165) is 5.56 Å². The molecule has 3 nitrogen and oxygen atoms in total. The molecule has 0 aliphatic heterocycles. The number of aldehydes is 1. The number of aromatic nitrogens is 1. The van der Waals surface area contributed by atoms with E-state index in [1.54, 1.807) is 12.1 Å². The predicted octanol–water partition coefficient (Wildman–Crippen LogP) is 2.25. The van der Waals surface area contributed by atoms with Gasteiger partial charge in [0, 0.05) is 6.42 Å². The minimum Gasteiger partial charge on any atom is -0.350 e. The second-order valence-electron chi connectivity index (χ2n) is 3.53. The molecular weight excluding hydrogens is 202 g/mol.